The summed E-state index contributed by atoms with van der Waals surface area (Å²) in [5.74, 6) is 0.0749. The van der Waals surface area contributed by atoms with Crippen LogP contribution in [-0.4, -0.2) is 29.9 Å². The molecular formula is C12H21N3O2. The van der Waals surface area contributed by atoms with Gasteiger partial charge in [0, 0.05) is 25.2 Å². The molecule has 0 unspecified atom stereocenters. The molecule has 0 radical (unpaired) electrons. The van der Waals surface area contributed by atoms with E-state index in [-0.39, 0.29) is 17.9 Å². The van der Waals surface area contributed by atoms with Gasteiger partial charge in [0.15, 0.2) is 0 Å². The van der Waals surface area contributed by atoms with Crippen LogP contribution in [0.15, 0.2) is 12.3 Å². The second kappa shape index (κ2) is 6.27. The topological polar surface area (TPSA) is 75.4 Å². The minimum absolute atomic E-state index is 0.0785. The molecule has 1 aliphatic rings. The molecule has 3 N–H and O–H groups in total. The Hall–Kier alpha value is -1.52. The fourth-order valence-corrected chi connectivity index (χ4v) is 1.77. The molecule has 0 bridgehead atoms. The molecule has 5 heteroatoms. The molecule has 1 rings (SSSR count). The Morgan fingerprint density at radius 3 is 2.41 bits per heavy atom. The summed E-state index contributed by atoms with van der Waals surface area (Å²) >= 11 is 0. The van der Waals surface area contributed by atoms with Crippen LogP contribution in [0.4, 0.5) is 4.79 Å². The van der Waals surface area contributed by atoms with Crippen molar-refractivity contribution in [1.29, 1.82) is 0 Å². The molecule has 0 aromatic carbocycles. The minimum Gasteiger partial charge on any atom is -0.369 e. The molecule has 17 heavy (non-hydrogen) atoms. The summed E-state index contributed by atoms with van der Waals surface area (Å²) < 4.78 is 0. The van der Waals surface area contributed by atoms with Gasteiger partial charge in [-0.15, -0.1) is 0 Å². The van der Waals surface area contributed by atoms with Crippen molar-refractivity contribution in [2.24, 2.45) is 17.6 Å². The third kappa shape index (κ3) is 4.46. The summed E-state index contributed by atoms with van der Waals surface area (Å²) in [5.41, 5.74) is 5.23. The Balaban J connectivity index is 2.33. The molecule has 5 nitrogen and oxygen atoms in total. The van der Waals surface area contributed by atoms with Crippen molar-refractivity contribution >= 4 is 11.9 Å². The Kier molecular flexibility index (Phi) is 5.00. The first-order valence-electron chi connectivity index (χ1n) is 6.02. The molecule has 1 aliphatic heterocycles. The summed E-state index contributed by atoms with van der Waals surface area (Å²) in [7, 11) is 0. The van der Waals surface area contributed by atoms with Gasteiger partial charge in [-0.2, -0.15) is 0 Å². The molecule has 0 atom stereocenters. The maximum atomic E-state index is 11.7. The highest BCUT2D eigenvalue weighted by molar-refractivity contribution is 5.78. The van der Waals surface area contributed by atoms with Crippen LogP contribution in [0.1, 0.15) is 26.7 Å². The highest BCUT2D eigenvalue weighted by atomic mass is 16.2. The predicted octanol–water partition coefficient (Wildman–Crippen LogP) is 1.06. The molecule has 0 spiro atoms. The number of nitrogens with zero attached hydrogens (tertiary/aromatic N) is 1. The van der Waals surface area contributed by atoms with Crippen LogP contribution in [0, 0.1) is 11.8 Å². The lowest BCUT2D eigenvalue weighted by Gasteiger charge is -2.30. The van der Waals surface area contributed by atoms with Gasteiger partial charge in [0.25, 0.3) is 0 Å². The number of nitrogens with one attached hydrogen (secondary N) is 1. The molecule has 0 saturated carbocycles. The van der Waals surface area contributed by atoms with Crippen LogP contribution in [0.2, 0.25) is 0 Å². The molecule has 1 saturated heterocycles. The average molecular weight is 239 g/mol. The van der Waals surface area contributed by atoms with Gasteiger partial charge in [-0.3, -0.25) is 4.79 Å². The average Bonchev–Trinajstić information content (AvgIpc) is 2.28. The number of primary amides is 1. The molecule has 96 valence electrons. The van der Waals surface area contributed by atoms with Gasteiger partial charge >= 0.3 is 6.03 Å². The quantitative estimate of drug-likeness (QED) is 0.772. The lowest BCUT2D eigenvalue weighted by Crippen LogP contribution is -2.45. The molecule has 0 aromatic heterocycles. The van der Waals surface area contributed by atoms with Gasteiger partial charge in [-0.1, -0.05) is 19.9 Å². The Bertz CT molecular complexity index is 305. The molecule has 0 aromatic rings. The van der Waals surface area contributed by atoms with E-state index in [0.717, 1.165) is 0 Å². The first-order valence-corrected chi connectivity index (χ1v) is 6.02. The summed E-state index contributed by atoms with van der Waals surface area (Å²) in [6.07, 6.45) is 4.93. The predicted molar refractivity (Wildman–Crippen MR) is 66.0 cm³/mol. The van der Waals surface area contributed by atoms with E-state index in [2.05, 4.69) is 5.32 Å². The molecule has 1 heterocycles. The number of nitrogens with two attached hydrogens (primary N) is 1. The molecule has 1 fully saturated rings. The Labute approximate surface area is 102 Å². The summed E-state index contributed by atoms with van der Waals surface area (Å²) in [5, 5.41) is 2.72. The van der Waals surface area contributed by atoms with Crippen molar-refractivity contribution in [1.82, 2.24) is 10.2 Å². The third-order valence-electron chi connectivity index (χ3n) is 2.87. The van der Waals surface area contributed by atoms with E-state index in [1.54, 1.807) is 11.1 Å². The van der Waals surface area contributed by atoms with Crippen LogP contribution in [0.3, 0.4) is 0 Å². The fourth-order valence-electron chi connectivity index (χ4n) is 1.77. The largest absolute Gasteiger partial charge is 0.369 e. The number of hydrogen-bond acceptors (Lipinski definition) is 2. The lowest BCUT2D eigenvalue weighted by atomic mass is 9.96. The van der Waals surface area contributed by atoms with Crippen molar-refractivity contribution < 1.29 is 9.59 Å². The SMILES string of the molecule is CC(C)/C=C/NC(=O)N1CCC(C(N)=O)CC1. The van der Waals surface area contributed by atoms with Crippen LogP contribution in [0.25, 0.3) is 0 Å². The number of carbonyl (C=O) groups is 2. The summed E-state index contributed by atoms with van der Waals surface area (Å²) in [6.45, 7) is 5.27. The summed E-state index contributed by atoms with van der Waals surface area (Å²) in [4.78, 5) is 24.4. The smallest absolute Gasteiger partial charge is 0.321 e. The van der Waals surface area contributed by atoms with E-state index in [0.29, 0.717) is 31.8 Å². The van der Waals surface area contributed by atoms with Crippen molar-refractivity contribution in [3.8, 4) is 0 Å². The number of allylic oxidation sites excluding steroid dienone is 1. The number of likely N-dealkylation sites (tertiary alicyclic amines) is 1. The second-order valence-corrected chi connectivity index (χ2v) is 4.72. The Morgan fingerprint density at radius 2 is 1.94 bits per heavy atom. The maximum Gasteiger partial charge on any atom is 0.321 e. The van der Waals surface area contributed by atoms with E-state index in [1.807, 2.05) is 19.9 Å². The first kappa shape index (κ1) is 13.5. The highest BCUT2D eigenvalue weighted by Crippen LogP contribution is 2.16. The van der Waals surface area contributed by atoms with Gasteiger partial charge in [-0.05, 0) is 18.8 Å². The number of piperidine rings is 1. The fraction of sp³-hybridized carbons (Fsp3) is 0.667. The number of hydrogen-bond donors (Lipinski definition) is 2. The molecular weight excluding hydrogens is 218 g/mol. The van der Waals surface area contributed by atoms with Crippen molar-refractivity contribution in [3.63, 3.8) is 0 Å². The van der Waals surface area contributed by atoms with Crippen LogP contribution in [0.5, 0.6) is 0 Å². The van der Waals surface area contributed by atoms with Crippen LogP contribution >= 0.6 is 0 Å². The third-order valence-corrected chi connectivity index (χ3v) is 2.87. The maximum absolute atomic E-state index is 11.7. The van der Waals surface area contributed by atoms with E-state index in [9.17, 15) is 9.59 Å². The second-order valence-electron chi connectivity index (χ2n) is 4.72. The van der Waals surface area contributed by atoms with Crippen molar-refractivity contribution in [2.75, 3.05) is 13.1 Å². The number of urea groups is 1. The van der Waals surface area contributed by atoms with Gasteiger partial charge in [0.05, 0.1) is 0 Å². The van der Waals surface area contributed by atoms with Gasteiger partial charge in [0.2, 0.25) is 5.91 Å². The standard InChI is InChI=1S/C12H21N3O2/c1-9(2)3-6-14-12(17)15-7-4-10(5-8-15)11(13)16/h3,6,9-10H,4-5,7-8H2,1-2H3,(H2,13,16)(H,14,17)/b6-3+. The number of amides is 3. The van der Waals surface area contributed by atoms with Gasteiger partial charge in [0.1, 0.15) is 0 Å². The highest BCUT2D eigenvalue weighted by Gasteiger charge is 2.25. The van der Waals surface area contributed by atoms with E-state index >= 15 is 0 Å². The van der Waals surface area contributed by atoms with Gasteiger partial charge in [-0.25, -0.2) is 4.79 Å². The zero-order valence-electron chi connectivity index (χ0n) is 10.5. The normalized spacial score (nSPS) is 17.7. The minimum atomic E-state index is -0.259. The monoisotopic (exact) mass is 239 g/mol. The van der Waals surface area contributed by atoms with Crippen molar-refractivity contribution in [2.45, 2.75) is 26.7 Å². The Morgan fingerprint density at radius 1 is 1.35 bits per heavy atom. The van der Waals surface area contributed by atoms with Crippen LogP contribution < -0.4 is 11.1 Å². The van der Waals surface area contributed by atoms with E-state index in [4.69, 9.17) is 5.73 Å². The van der Waals surface area contributed by atoms with E-state index < -0.39 is 0 Å². The zero-order chi connectivity index (χ0) is 12.8. The lowest BCUT2D eigenvalue weighted by molar-refractivity contribution is -0.122. The van der Waals surface area contributed by atoms with Crippen molar-refractivity contribution in [3.05, 3.63) is 12.3 Å². The number of rotatable bonds is 3. The van der Waals surface area contributed by atoms with E-state index in [1.165, 1.54) is 0 Å². The zero-order valence-corrected chi connectivity index (χ0v) is 10.5. The molecule has 3 amide bonds. The van der Waals surface area contributed by atoms with Gasteiger partial charge < -0.3 is 16.0 Å². The molecule has 0 aliphatic carbocycles. The number of carbonyl (C=O) groups excluding carboxylic acids is 2. The van der Waals surface area contributed by atoms with Crippen LogP contribution in [-0.2, 0) is 4.79 Å². The summed E-state index contributed by atoms with van der Waals surface area (Å²) in [6, 6.07) is -0.107. The first-order chi connectivity index (χ1) is 8.00.